The molecule has 0 aliphatic rings. The zero-order chi connectivity index (χ0) is 7.71. The quantitative estimate of drug-likeness (QED) is 0.387. The van der Waals surface area contributed by atoms with E-state index >= 15 is 0 Å². The molecule has 0 radical (unpaired) electrons. The second kappa shape index (κ2) is 2.97. The van der Waals surface area contributed by atoms with Crippen molar-refractivity contribution in [2.24, 2.45) is 5.18 Å². The Kier molecular flexibility index (Phi) is 3.32. The molecule has 0 saturated heterocycles. The Hall–Kier alpha value is 1.05. The van der Waals surface area contributed by atoms with Gasteiger partial charge in [-0.25, -0.2) is 0 Å². The molecule has 0 fully saturated rings. The molecule has 0 spiro atoms. The van der Waals surface area contributed by atoms with Gasteiger partial charge in [0, 0.05) is 0 Å². The first-order valence-corrected chi connectivity index (χ1v) is 3.49. The van der Waals surface area contributed by atoms with Crippen LogP contribution in [0, 0.1) is 4.91 Å². The van der Waals surface area contributed by atoms with Gasteiger partial charge >= 0.3 is 0 Å². The predicted molar refractivity (Wildman–Crippen MR) is 40.5 cm³/mol. The second-order valence-corrected chi connectivity index (χ2v) is 4.70. The van der Waals surface area contributed by atoms with E-state index < -0.39 is 8.25 Å². The van der Waals surface area contributed by atoms with E-state index in [2.05, 4.69) is 5.18 Å². The number of nitrogens with zero attached hydrogens (tertiary/aromatic N) is 1. The Labute approximate surface area is 76.3 Å². The lowest BCUT2D eigenvalue weighted by Gasteiger charge is -2.18. The van der Waals surface area contributed by atoms with Crippen LogP contribution in [0.1, 0.15) is 0 Å². The Morgan fingerprint density at radius 3 is 1.33 bits per heavy atom. The number of hydrogen-bond acceptors (Lipinski definition) is 2. The highest BCUT2D eigenvalue weighted by molar-refractivity contribution is 6.75. The van der Waals surface area contributed by atoms with E-state index in [-0.39, 0.29) is 0 Å². The average molecular weight is 231 g/mol. The number of hydrogen-bond donors (Lipinski definition) is 0. The van der Waals surface area contributed by atoms with Crippen molar-refractivity contribution in [2.75, 3.05) is 0 Å². The second-order valence-electron chi connectivity index (χ2n) is 1.13. The number of rotatable bonds is 1. The van der Waals surface area contributed by atoms with E-state index in [0.29, 0.717) is 0 Å². The molecular formula is C2Cl5NO. The molecule has 54 valence electrons. The van der Waals surface area contributed by atoms with Crippen molar-refractivity contribution < 1.29 is 0 Å². The van der Waals surface area contributed by atoms with Gasteiger partial charge in [0.25, 0.3) is 4.46 Å². The van der Waals surface area contributed by atoms with Crippen LogP contribution in [-0.2, 0) is 0 Å². The Bertz CT molecular complexity index is 117. The minimum Gasteiger partial charge on any atom is -0.147 e. The molecular weight excluding hydrogens is 231 g/mol. The molecule has 0 aromatic rings. The van der Waals surface area contributed by atoms with Crippen LogP contribution in [0.2, 0.25) is 0 Å². The molecule has 0 aromatic carbocycles. The van der Waals surface area contributed by atoms with Gasteiger partial charge in [0.05, 0.1) is 0 Å². The fourth-order valence-corrected chi connectivity index (χ4v) is 0.155. The summed E-state index contributed by atoms with van der Waals surface area (Å²) in [6.07, 6.45) is 0. The third kappa shape index (κ3) is 2.64. The molecule has 0 rings (SSSR count). The van der Waals surface area contributed by atoms with Gasteiger partial charge in [0.1, 0.15) is 0 Å². The van der Waals surface area contributed by atoms with Crippen LogP contribution in [-0.4, -0.2) is 8.25 Å². The van der Waals surface area contributed by atoms with Crippen LogP contribution in [0.3, 0.4) is 0 Å². The normalized spacial score (nSPS) is 13.4. The lowest BCUT2D eigenvalue weighted by atomic mass is 10.7. The highest BCUT2D eigenvalue weighted by Gasteiger charge is 2.47. The van der Waals surface area contributed by atoms with Gasteiger partial charge in [-0.2, -0.15) is 0 Å². The van der Waals surface area contributed by atoms with Crippen molar-refractivity contribution in [3.05, 3.63) is 4.91 Å². The highest BCUT2D eigenvalue weighted by atomic mass is 35.6. The molecule has 0 aromatic heterocycles. The van der Waals surface area contributed by atoms with Gasteiger partial charge in [0.15, 0.2) is 0 Å². The first-order valence-electron chi connectivity index (χ1n) is 1.60. The summed E-state index contributed by atoms with van der Waals surface area (Å²) in [6, 6.07) is 0. The molecule has 0 aliphatic heterocycles. The zero-order valence-electron chi connectivity index (χ0n) is 3.75. The SMILES string of the molecule is O=NC(Cl)(Cl)C(Cl)(Cl)Cl. The number of alkyl halides is 5. The lowest BCUT2D eigenvalue weighted by molar-refractivity contribution is 0.841. The fourth-order valence-electron chi connectivity index (χ4n) is 0.0518. The number of halogens is 5. The van der Waals surface area contributed by atoms with E-state index in [9.17, 15) is 4.91 Å². The van der Waals surface area contributed by atoms with Crippen molar-refractivity contribution in [3.63, 3.8) is 0 Å². The van der Waals surface area contributed by atoms with Crippen LogP contribution >= 0.6 is 58.0 Å². The standard InChI is InChI=1S/C2Cl5NO/c3-1(4,5)2(6,7)8-9. The molecule has 2 nitrogen and oxygen atoms in total. The third-order valence-corrected chi connectivity index (χ3v) is 2.56. The lowest BCUT2D eigenvalue weighted by Crippen LogP contribution is -2.27. The fraction of sp³-hybridized carbons (Fsp3) is 1.00. The van der Waals surface area contributed by atoms with E-state index in [1.165, 1.54) is 0 Å². The smallest absolute Gasteiger partial charge is 0.147 e. The molecule has 9 heavy (non-hydrogen) atoms. The van der Waals surface area contributed by atoms with Crippen LogP contribution < -0.4 is 0 Å². The minimum absolute atomic E-state index is 2.09. The summed E-state index contributed by atoms with van der Waals surface area (Å²) in [7, 11) is 0. The first-order chi connectivity index (χ1) is 3.81. The summed E-state index contributed by atoms with van der Waals surface area (Å²) >= 11 is 25.5. The summed E-state index contributed by atoms with van der Waals surface area (Å²) in [5.74, 6) is 0. The van der Waals surface area contributed by atoms with Gasteiger partial charge in [-0.15, -0.1) is 4.91 Å². The first kappa shape index (κ1) is 10.0. The monoisotopic (exact) mass is 229 g/mol. The maximum atomic E-state index is 9.71. The summed E-state index contributed by atoms with van der Waals surface area (Å²) < 4.78 is -4.30. The molecule has 0 unspecified atom stereocenters. The highest BCUT2D eigenvalue weighted by Crippen LogP contribution is 2.46. The summed E-state index contributed by atoms with van der Waals surface area (Å²) in [6.45, 7) is 0. The van der Waals surface area contributed by atoms with E-state index in [1.54, 1.807) is 0 Å². The topological polar surface area (TPSA) is 29.4 Å². The maximum Gasteiger partial charge on any atom is 0.295 e. The van der Waals surface area contributed by atoms with Gasteiger partial charge < -0.3 is 0 Å². The van der Waals surface area contributed by atoms with Crippen LogP contribution in [0.15, 0.2) is 5.18 Å². The molecule has 0 atom stereocenters. The van der Waals surface area contributed by atoms with Crippen LogP contribution in [0.25, 0.3) is 0 Å². The Balaban J connectivity index is 4.32. The van der Waals surface area contributed by atoms with Crippen LogP contribution in [0.5, 0.6) is 0 Å². The predicted octanol–water partition coefficient (Wildman–Crippen LogP) is 3.25. The van der Waals surface area contributed by atoms with Gasteiger partial charge in [0.2, 0.25) is 3.79 Å². The Morgan fingerprint density at radius 1 is 1.00 bits per heavy atom. The molecule has 0 heterocycles. The van der Waals surface area contributed by atoms with E-state index in [0.717, 1.165) is 0 Å². The summed E-state index contributed by atoms with van der Waals surface area (Å²) in [4.78, 5) is 9.71. The van der Waals surface area contributed by atoms with Gasteiger partial charge in [-0.1, -0.05) is 58.0 Å². The largest absolute Gasteiger partial charge is 0.295 e. The Morgan fingerprint density at radius 2 is 1.33 bits per heavy atom. The van der Waals surface area contributed by atoms with Crippen molar-refractivity contribution >= 4 is 58.0 Å². The molecule has 0 aliphatic carbocycles. The number of nitroso groups, excluding NO2 is 1. The van der Waals surface area contributed by atoms with Crippen molar-refractivity contribution in [3.8, 4) is 0 Å². The van der Waals surface area contributed by atoms with E-state index in [4.69, 9.17) is 58.0 Å². The van der Waals surface area contributed by atoms with Crippen molar-refractivity contribution in [1.82, 2.24) is 0 Å². The van der Waals surface area contributed by atoms with Crippen molar-refractivity contribution in [1.29, 1.82) is 0 Å². The minimum atomic E-state index is -2.21. The summed E-state index contributed by atoms with van der Waals surface area (Å²) in [5.41, 5.74) is 0. The molecule has 7 heteroatoms. The molecule has 0 bridgehead atoms. The molecule has 0 saturated carbocycles. The van der Waals surface area contributed by atoms with Crippen molar-refractivity contribution in [2.45, 2.75) is 8.25 Å². The van der Waals surface area contributed by atoms with Crippen LogP contribution in [0.4, 0.5) is 0 Å². The molecule has 0 amide bonds. The maximum absolute atomic E-state index is 9.71. The molecule has 0 N–H and O–H groups in total. The third-order valence-electron chi connectivity index (χ3n) is 0.456. The van der Waals surface area contributed by atoms with Gasteiger partial charge in [-0.05, 0) is 5.18 Å². The van der Waals surface area contributed by atoms with E-state index in [1.807, 2.05) is 0 Å². The summed E-state index contributed by atoms with van der Waals surface area (Å²) in [5, 5.41) is 2.18. The van der Waals surface area contributed by atoms with Gasteiger partial charge in [-0.3, -0.25) is 0 Å². The average Bonchev–Trinajstić information content (AvgIpc) is 1.64. The zero-order valence-corrected chi connectivity index (χ0v) is 7.52.